The van der Waals surface area contributed by atoms with Gasteiger partial charge < -0.3 is 4.42 Å². The summed E-state index contributed by atoms with van der Waals surface area (Å²) >= 11 is 0. The number of likely N-dealkylation sites (tertiary alicyclic amines) is 1. The number of halogens is 3. The highest BCUT2D eigenvalue weighted by molar-refractivity contribution is 5.15. The molecule has 1 atom stereocenters. The molecule has 132 valence electrons. The largest absolute Gasteiger partial charge is 0.423 e. The van der Waals surface area contributed by atoms with Gasteiger partial charge in [0.1, 0.15) is 6.42 Å². The van der Waals surface area contributed by atoms with Crippen molar-refractivity contribution in [3.05, 3.63) is 29.2 Å². The van der Waals surface area contributed by atoms with Gasteiger partial charge in [0, 0.05) is 25.4 Å². The zero-order chi connectivity index (χ0) is 17.3. The maximum absolute atomic E-state index is 12.5. The second-order valence-electron chi connectivity index (χ2n) is 6.22. The van der Waals surface area contributed by atoms with E-state index in [0.29, 0.717) is 6.54 Å². The van der Waals surface area contributed by atoms with Crippen LogP contribution >= 0.6 is 0 Å². The van der Waals surface area contributed by atoms with Gasteiger partial charge in [0.2, 0.25) is 11.8 Å². The Morgan fingerprint density at radius 2 is 2.08 bits per heavy atom. The molecule has 0 unspecified atom stereocenters. The van der Waals surface area contributed by atoms with Crippen molar-refractivity contribution in [2.75, 3.05) is 6.54 Å². The van der Waals surface area contributed by atoms with Crippen LogP contribution < -0.4 is 0 Å². The van der Waals surface area contributed by atoms with E-state index in [9.17, 15) is 13.2 Å². The molecule has 3 heterocycles. The Bertz CT molecular complexity index is 694. The molecule has 0 amide bonds. The normalized spacial score (nSPS) is 19.8. The van der Waals surface area contributed by atoms with Crippen molar-refractivity contribution in [3.63, 3.8) is 0 Å². The Hall–Kier alpha value is -1.90. The number of rotatable bonds is 4. The van der Waals surface area contributed by atoms with Gasteiger partial charge in [0.25, 0.3) is 0 Å². The van der Waals surface area contributed by atoms with Gasteiger partial charge in [-0.2, -0.15) is 18.3 Å². The number of nitrogens with zero attached hydrogens (tertiary/aromatic N) is 5. The molecule has 0 saturated carbocycles. The molecule has 2 aromatic rings. The van der Waals surface area contributed by atoms with Crippen molar-refractivity contribution in [3.8, 4) is 0 Å². The quantitative estimate of drug-likeness (QED) is 0.854. The summed E-state index contributed by atoms with van der Waals surface area (Å²) in [4.78, 5) is 2.18. The number of hydrogen-bond donors (Lipinski definition) is 0. The van der Waals surface area contributed by atoms with Crippen LogP contribution in [0.4, 0.5) is 13.2 Å². The first-order chi connectivity index (χ1) is 11.3. The zero-order valence-corrected chi connectivity index (χ0v) is 13.7. The van der Waals surface area contributed by atoms with Gasteiger partial charge in [-0.25, -0.2) is 0 Å². The first-order valence-corrected chi connectivity index (χ1v) is 7.94. The molecule has 6 nitrogen and oxygen atoms in total. The Labute approximate surface area is 137 Å². The fourth-order valence-corrected chi connectivity index (χ4v) is 3.13. The molecule has 0 radical (unpaired) electrons. The molecule has 0 aromatic carbocycles. The van der Waals surface area contributed by atoms with Crippen molar-refractivity contribution < 1.29 is 17.6 Å². The van der Waals surface area contributed by atoms with Crippen molar-refractivity contribution in [2.24, 2.45) is 7.05 Å². The van der Waals surface area contributed by atoms with E-state index in [2.05, 4.69) is 20.2 Å². The number of alkyl halides is 3. The van der Waals surface area contributed by atoms with Gasteiger partial charge in [0.15, 0.2) is 0 Å². The minimum atomic E-state index is -4.34. The summed E-state index contributed by atoms with van der Waals surface area (Å²) in [6.07, 6.45) is -0.738. The number of aromatic nitrogens is 4. The van der Waals surface area contributed by atoms with Crippen LogP contribution in [0.3, 0.4) is 0 Å². The van der Waals surface area contributed by atoms with Crippen LogP contribution in [-0.2, 0) is 20.0 Å². The maximum Gasteiger partial charge on any atom is 0.397 e. The molecule has 1 aliphatic heterocycles. The summed E-state index contributed by atoms with van der Waals surface area (Å²) in [5.74, 6) is -0.101. The van der Waals surface area contributed by atoms with Gasteiger partial charge in [-0.15, -0.1) is 10.2 Å². The molecular formula is C15H20F3N5O. The summed E-state index contributed by atoms with van der Waals surface area (Å²) in [5.41, 5.74) is 2.05. The fraction of sp³-hybridized carbons (Fsp3) is 0.667. The molecule has 2 aromatic heterocycles. The van der Waals surface area contributed by atoms with E-state index in [1.54, 1.807) is 4.68 Å². The minimum absolute atomic E-state index is 0.146. The lowest BCUT2D eigenvalue weighted by Crippen LogP contribution is -2.33. The SMILES string of the molecule is Cc1nn(C)cc1CN1CCCC[C@H]1c1nnc(CC(F)(F)F)o1. The first-order valence-electron chi connectivity index (χ1n) is 7.94. The highest BCUT2D eigenvalue weighted by Crippen LogP contribution is 2.32. The van der Waals surface area contributed by atoms with Gasteiger partial charge in [-0.05, 0) is 26.3 Å². The van der Waals surface area contributed by atoms with E-state index >= 15 is 0 Å². The Morgan fingerprint density at radius 3 is 2.75 bits per heavy atom. The second-order valence-corrected chi connectivity index (χ2v) is 6.22. The molecule has 0 aliphatic carbocycles. The lowest BCUT2D eigenvalue weighted by Gasteiger charge is -2.33. The third-order valence-electron chi connectivity index (χ3n) is 4.22. The van der Waals surface area contributed by atoms with Crippen molar-refractivity contribution in [1.29, 1.82) is 0 Å². The molecule has 9 heteroatoms. The summed E-state index contributed by atoms with van der Waals surface area (Å²) in [6, 6.07) is -0.146. The van der Waals surface area contributed by atoms with Crippen molar-refractivity contribution in [2.45, 2.75) is 51.4 Å². The number of hydrogen-bond acceptors (Lipinski definition) is 5. The van der Waals surface area contributed by atoms with Crippen LogP contribution in [0.5, 0.6) is 0 Å². The van der Waals surface area contributed by atoms with E-state index in [0.717, 1.165) is 37.1 Å². The highest BCUT2D eigenvalue weighted by atomic mass is 19.4. The molecule has 24 heavy (non-hydrogen) atoms. The lowest BCUT2D eigenvalue weighted by molar-refractivity contribution is -0.131. The average molecular weight is 343 g/mol. The third-order valence-corrected chi connectivity index (χ3v) is 4.22. The van der Waals surface area contributed by atoms with Gasteiger partial charge in [0.05, 0.1) is 11.7 Å². The summed E-state index contributed by atoms with van der Waals surface area (Å²) in [6.45, 7) is 3.46. The van der Waals surface area contributed by atoms with Gasteiger partial charge in [-0.1, -0.05) is 6.42 Å². The van der Waals surface area contributed by atoms with Crippen LogP contribution in [0.2, 0.25) is 0 Å². The molecule has 1 fully saturated rings. The number of piperidine rings is 1. The predicted molar refractivity (Wildman–Crippen MR) is 79.0 cm³/mol. The van der Waals surface area contributed by atoms with Crippen LogP contribution in [0.1, 0.15) is 48.3 Å². The van der Waals surface area contributed by atoms with Gasteiger partial charge >= 0.3 is 6.18 Å². The van der Waals surface area contributed by atoms with Crippen LogP contribution in [0.25, 0.3) is 0 Å². The standard InChI is InChI=1S/C15H20F3N5O/c1-10-11(8-22(2)21-10)9-23-6-4-3-5-12(23)14-20-19-13(24-14)7-15(16,17)18/h8,12H,3-7,9H2,1-2H3/t12-/m0/s1. The molecule has 0 N–H and O–H groups in total. The molecular weight excluding hydrogens is 323 g/mol. The zero-order valence-electron chi connectivity index (χ0n) is 13.7. The monoisotopic (exact) mass is 343 g/mol. The summed E-state index contributed by atoms with van der Waals surface area (Å²) in [7, 11) is 1.87. The van der Waals surface area contributed by atoms with E-state index in [1.807, 2.05) is 20.2 Å². The van der Waals surface area contributed by atoms with E-state index in [4.69, 9.17) is 4.42 Å². The smallest absolute Gasteiger partial charge is 0.397 e. The maximum atomic E-state index is 12.5. The molecule has 0 spiro atoms. The summed E-state index contributed by atoms with van der Waals surface area (Å²) < 4.78 is 44.4. The Balaban J connectivity index is 1.76. The van der Waals surface area contributed by atoms with Crippen LogP contribution in [-0.4, -0.2) is 37.6 Å². The van der Waals surface area contributed by atoms with E-state index < -0.39 is 12.6 Å². The molecule has 1 aliphatic rings. The minimum Gasteiger partial charge on any atom is -0.423 e. The predicted octanol–water partition coefficient (Wildman–Crippen LogP) is 2.94. The highest BCUT2D eigenvalue weighted by Gasteiger charge is 2.33. The second kappa shape index (κ2) is 6.54. The average Bonchev–Trinajstić information content (AvgIpc) is 3.05. The molecule has 0 bridgehead atoms. The van der Waals surface area contributed by atoms with Crippen LogP contribution in [0, 0.1) is 6.92 Å². The Morgan fingerprint density at radius 1 is 1.29 bits per heavy atom. The van der Waals surface area contributed by atoms with Crippen LogP contribution in [0.15, 0.2) is 10.6 Å². The van der Waals surface area contributed by atoms with Gasteiger partial charge in [-0.3, -0.25) is 9.58 Å². The lowest BCUT2D eigenvalue weighted by atomic mass is 10.0. The van der Waals surface area contributed by atoms with Crippen molar-refractivity contribution >= 4 is 0 Å². The fourth-order valence-electron chi connectivity index (χ4n) is 3.13. The van der Waals surface area contributed by atoms with E-state index in [1.165, 1.54) is 0 Å². The topological polar surface area (TPSA) is 60.0 Å². The summed E-state index contributed by atoms with van der Waals surface area (Å²) in [5, 5.41) is 11.8. The van der Waals surface area contributed by atoms with E-state index in [-0.39, 0.29) is 17.8 Å². The molecule has 1 saturated heterocycles. The number of aryl methyl sites for hydroxylation is 2. The molecule has 3 rings (SSSR count). The van der Waals surface area contributed by atoms with Crippen molar-refractivity contribution in [1.82, 2.24) is 24.9 Å². The third kappa shape index (κ3) is 3.95. The Kier molecular flexibility index (Phi) is 4.62. The first kappa shape index (κ1) is 16.9.